The molecule has 0 amide bonds. The summed E-state index contributed by atoms with van der Waals surface area (Å²) in [5.41, 5.74) is 2.18. The lowest BCUT2D eigenvalue weighted by Gasteiger charge is -2.23. The fraction of sp³-hybridized carbons (Fsp3) is 0.500. The van der Waals surface area contributed by atoms with Gasteiger partial charge in [-0.1, -0.05) is 38.1 Å². The SMILES string of the molecule is CC(C)CSC1CCc2ccccc2C1=O. The normalized spacial score (nSPS) is 19.9. The van der Waals surface area contributed by atoms with Gasteiger partial charge in [-0.3, -0.25) is 4.79 Å². The predicted octanol–water partition coefficient (Wildman–Crippen LogP) is 3.57. The van der Waals surface area contributed by atoms with Crippen LogP contribution in [0.15, 0.2) is 24.3 Å². The topological polar surface area (TPSA) is 17.1 Å². The molecule has 1 atom stereocenters. The monoisotopic (exact) mass is 234 g/mol. The lowest BCUT2D eigenvalue weighted by Crippen LogP contribution is -2.25. The van der Waals surface area contributed by atoms with Crippen LogP contribution in [0, 0.1) is 5.92 Å². The molecular weight excluding hydrogens is 216 g/mol. The van der Waals surface area contributed by atoms with Crippen molar-refractivity contribution in [3.8, 4) is 0 Å². The van der Waals surface area contributed by atoms with Crippen molar-refractivity contribution < 1.29 is 4.79 Å². The first kappa shape index (κ1) is 11.7. The van der Waals surface area contributed by atoms with Crippen molar-refractivity contribution in [2.24, 2.45) is 5.92 Å². The molecule has 1 aliphatic carbocycles. The molecule has 0 heterocycles. The van der Waals surface area contributed by atoms with E-state index in [1.54, 1.807) is 0 Å². The Balaban J connectivity index is 2.09. The Bertz CT molecular complexity index is 384. The van der Waals surface area contributed by atoms with E-state index in [1.807, 2.05) is 30.0 Å². The zero-order chi connectivity index (χ0) is 11.5. The van der Waals surface area contributed by atoms with E-state index in [0.717, 1.165) is 24.2 Å². The number of carbonyl (C=O) groups is 1. The Hall–Kier alpha value is -0.760. The van der Waals surface area contributed by atoms with E-state index in [2.05, 4.69) is 19.9 Å². The van der Waals surface area contributed by atoms with Crippen molar-refractivity contribution in [3.05, 3.63) is 35.4 Å². The quantitative estimate of drug-likeness (QED) is 0.795. The third-order valence-corrected chi connectivity index (χ3v) is 4.59. The average molecular weight is 234 g/mol. The summed E-state index contributed by atoms with van der Waals surface area (Å²) in [7, 11) is 0. The Morgan fingerprint density at radius 2 is 2.12 bits per heavy atom. The maximum Gasteiger partial charge on any atom is 0.176 e. The summed E-state index contributed by atoms with van der Waals surface area (Å²) in [5.74, 6) is 2.08. The van der Waals surface area contributed by atoms with Gasteiger partial charge in [0, 0.05) is 5.56 Å². The van der Waals surface area contributed by atoms with Crippen LogP contribution in [0.2, 0.25) is 0 Å². The third-order valence-electron chi connectivity index (χ3n) is 2.88. The second-order valence-electron chi connectivity index (χ2n) is 4.78. The second-order valence-corrected chi connectivity index (χ2v) is 6.01. The van der Waals surface area contributed by atoms with E-state index in [0.29, 0.717) is 11.7 Å². The number of hydrogen-bond acceptors (Lipinski definition) is 2. The van der Waals surface area contributed by atoms with Crippen molar-refractivity contribution in [1.82, 2.24) is 0 Å². The average Bonchev–Trinajstić information content (AvgIpc) is 2.28. The Kier molecular flexibility index (Phi) is 3.70. The van der Waals surface area contributed by atoms with Gasteiger partial charge in [0.25, 0.3) is 0 Å². The largest absolute Gasteiger partial charge is 0.293 e. The molecule has 0 radical (unpaired) electrons. The highest BCUT2D eigenvalue weighted by molar-refractivity contribution is 8.00. The van der Waals surface area contributed by atoms with Crippen molar-refractivity contribution in [2.75, 3.05) is 5.75 Å². The van der Waals surface area contributed by atoms with Gasteiger partial charge in [0.1, 0.15) is 0 Å². The highest BCUT2D eigenvalue weighted by atomic mass is 32.2. The molecule has 0 saturated carbocycles. The molecule has 0 fully saturated rings. The van der Waals surface area contributed by atoms with Gasteiger partial charge in [0.2, 0.25) is 0 Å². The molecule has 1 aliphatic rings. The lowest BCUT2D eigenvalue weighted by atomic mass is 9.90. The van der Waals surface area contributed by atoms with E-state index < -0.39 is 0 Å². The maximum atomic E-state index is 12.2. The number of Topliss-reactive ketones (excluding diaryl/α,β-unsaturated/α-hetero) is 1. The summed E-state index contributed by atoms with van der Waals surface area (Å²) in [6.45, 7) is 4.41. The molecule has 0 saturated heterocycles. The number of carbonyl (C=O) groups excluding carboxylic acids is 1. The fourth-order valence-electron chi connectivity index (χ4n) is 2.04. The maximum absolute atomic E-state index is 12.2. The van der Waals surface area contributed by atoms with Crippen LogP contribution < -0.4 is 0 Å². The van der Waals surface area contributed by atoms with Gasteiger partial charge >= 0.3 is 0 Å². The molecule has 0 bridgehead atoms. The molecule has 1 aromatic carbocycles. The summed E-state index contributed by atoms with van der Waals surface area (Å²) in [6, 6.07) is 8.04. The summed E-state index contributed by atoms with van der Waals surface area (Å²) >= 11 is 1.83. The molecule has 2 rings (SSSR count). The summed E-state index contributed by atoms with van der Waals surface area (Å²) in [6.07, 6.45) is 2.06. The first-order chi connectivity index (χ1) is 7.68. The highest BCUT2D eigenvalue weighted by Crippen LogP contribution is 2.29. The van der Waals surface area contributed by atoms with E-state index in [-0.39, 0.29) is 5.25 Å². The van der Waals surface area contributed by atoms with Gasteiger partial charge < -0.3 is 0 Å². The van der Waals surface area contributed by atoms with Gasteiger partial charge in [-0.05, 0) is 30.1 Å². The van der Waals surface area contributed by atoms with E-state index in [9.17, 15) is 4.79 Å². The van der Waals surface area contributed by atoms with Crippen LogP contribution in [0.4, 0.5) is 0 Å². The summed E-state index contributed by atoms with van der Waals surface area (Å²) in [5, 5.41) is 0.192. The van der Waals surface area contributed by atoms with Crippen molar-refractivity contribution in [2.45, 2.75) is 31.9 Å². The van der Waals surface area contributed by atoms with Crippen LogP contribution in [0.25, 0.3) is 0 Å². The molecule has 0 spiro atoms. The van der Waals surface area contributed by atoms with Crippen LogP contribution in [-0.2, 0) is 6.42 Å². The molecule has 16 heavy (non-hydrogen) atoms. The van der Waals surface area contributed by atoms with Crippen LogP contribution in [0.5, 0.6) is 0 Å². The van der Waals surface area contributed by atoms with E-state index >= 15 is 0 Å². The van der Waals surface area contributed by atoms with Crippen molar-refractivity contribution in [3.63, 3.8) is 0 Å². The van der Waals surface area contributed by atoms with Crippen LogP contribution >= 0.6 is 11.8 Å². The van der Waals surface area contributed by atoms with Gasteiger partial charge in [0.05, 0.1) is 5.25 Å². The van der Waals surface area contributed by atoms with Gasteiger partial charge in [-0.2, -0.15) is 0 Å². The molecule has 1 unspecified atom stereocenters. The lowest BCUT2D eigenvalue weighted by molar-refractivity contribution is 0.0979. The number of aryl methyl sites for hydroxylation is 1. The van der Waals surface area contributed by atoms with E-state index in [4.69, 9.17) is 0 Å². The molecule has 0 aromatic heterocycles. The number of fused-ring (bicyclic) bond motifs is 1. The predicted molar refractivity (Wildman–Crippen MR) is 70.2 cm³/mol. The zero-order valence-corrected chi connectivity index (χ0v) is 10.7. The third kappa shape index (κ3) is 2.49. The van der Waals surface area contributed by atoms with Crippen LogP contribution in [0.1, 0.15) is 36.2 Å². The minimum absolute atomic E-state index is 0.192. The molecule has 0 N–H and O–H groups in total. The summed E-state index contributed by atoms with van der Waals surface area (Å²) < 4.78 is 0. The number of ketones is 1. The number of thioether (sulfide) groups is 1. The number of benzene rings is 1. The highest BCUT2D eigenvalue weighted by Gasteiger charge is 2.27. The molecule has 1 nitrogen and oxygen atoms in total. The fourth-order valence-corrected chi connectivity index (χ4v) is 3.22. The summed E-state index contributed by atoms with van der Waals surface area (Å²) in [4.78, 5) is 12.2. The standard InChI is InChI=1S/C14H18OS/c1-10(2)9-16-13-8-7-11-5-3-4-6-12(11)14(13)15/h3-6,10,13H,7-9H2,1-2H3. The minimum atomic E-state index is 0.192. The van der Waals surface area contributed by atoms with Crippen LogP contribution in [-0.4, -0.2) is 16.8 Å². The van der Waals surface area contributed by atoms with Gasteiger partial charge in [-0.15, -0.1) is 11.8 Å². The minimum Gasteiger partial charge on any atom is -0.293 e. The first-order valence-corrected chi connectivity index (χ1v) is 6.97. The number of hydrogen-bond donors (Lipinski definition) is 0. The van der Waals surface area contributed by atoms with Crippen molar-refractivity contribution >= 4 is 17.5 Å². The van der Waals surface area contributed by atoms with Crippen molar-refractivity contribution in [1.29, 1.82) is 0 Å². The zero-order valence-electron chi connectivity index (χ0n) is 9.90. The Morgan fingerprint density at radius 3 is 2.88 bits per heavy atom. The molecule has 0 aliphatic heterocycles. The molecule has 86 valence electrons. The molecule has 1 aromatic rings. The number of rotatable bonds is 3. The first-order valence-electron chi connectivity index (χ1n) is 5.92. The Morgan fingerprint density at radius 1 is 1.38 bits per heavy atom. The van der Waals surface area contributed by atoms with Crippen LogP contribution in [0.3, 0.4) is 0 Å². The molecule has 2 heteroatoms. The van der Waals surface area contributed by atoms with Gasteiger partial charge in [-0.25, -0.2) is 0 Å². The van der Waals surface area contributed by atoms with Gasteiger partial charge in [0.15, 0.2) is 5.78 Å². The smallest absolute Gasteiger partial charge is 0.176 e. The molecular formula is C14H18OS. The van der Waals surface area contributed by atoms with E-state index in [1.165, 1.54) is 5.56 Å². The Labute approximate surface area is 102 Å². The second kappa shape index (κ2) is 5.05.